The molecule has 150 valence electrons. The zero-order chi connectivity index (χ0) is 20.1. The second-order valence-corrected chi connectivity index (χ2v) is 7.96. The molecule has 1 saturated heterocycles. The third-order valence-electron chi connectivity index (χ3n) is 6.02. The summed E-state index contributed by atoms with van der Waals surface area (Å²) in [5.41, 5.74) is 3.31. The molecule has 4 rings (SSSR count). The molecule has 4 nitrogen and oxygen atoms in total. The van der Waals surface area contributed by atoms with Gasteiger partial charge >= 0.3 is 0 Å². The Morgan fingerprint density at radius 1 is 0.793 bits per heavy atom. The molecule has 0 atom stereocenters. The molecule has 2 fully saturated rings. The Balaban J connectivity index is 1.33. The van der Waals surface area contributed by atoms with Crippen LogP contribution in [-0.4, -0.2) is 47.8 Å². The van der Waals surface area contributed by atoms with Gasteiger partial charge in [0.1, 0.15) is 0 Å². The number of carbonyl (C=O) groups excluding carboxylic acids is 2. The van der Waals surface area contributed by atoms with Gasteiger partial charge in [-0.3, -0.25) is 9.59 Å². The van der Waals surface area contributed by atoms with Crippen LogP contribution < -0.4 is 0 Å². The van der Waals surface area contributed by atoms with Crippen LogP contribution in [0.25, 0.3) is 17.2 Å². The minimum atomic E-state index is 0.0167. The molecule has 1 aliphatic heterocycles. The highest BCUT2D eigenvalue weighted by Crippen LogP contribution is 2.27. The van der Waals surface area contributed by atoms with E-state index < -0.39 is 0 Å². The lowest BCUT2D eigenvalue weighted by Crippen LogP contribution is -2.51. The maximum atomic E-state index is 12.6. The average Bonchev–Trinajstić information content (AvgIpc) is 3.33. The van der Waals surface area contributed by atoms with Gasteiger partial charge in [-0.05, 0) is 41.7 Å². The van der Waals surface area contributed by atoms with E-state index in [2.05, 4.69) is 24.3 Å². The van der Waals surface area contributed by atoms with Gasteiger partial charge in [-0.15, -0.1) is 0 Å². The average molecular weight is 389 g/mol. The van der Waals surface area contributed by atoms with Gasteiger partial charge in [0.05, 0.1) is 0 Å². The van der Waals surface area contributed by atoms with E-state index in [-0.39, 0.29) is 11.8 Å². The predicted octanol–water partition coefficient (Wildman–Crippen LogP) is 4.23. The summed E-state index contributed by atoms with van der Waals surface area (Å²) in [7, 11) is 0. The first-order valence-electron chi connectivity index (χ1n) is 10.6. The van der Waals surface area contributed by atoms with Crippen molar-refractivity contribution in [2.75, 3.05) is 26.2 Å². The summed E-state index contributed by atoms with van der Waals surface area (Å²) in [5.74, 6) is 0.528. The standard InChI is InChI=1S/C25H28N2O2/c28-24(26-15-17-27(18-16-26)25(29)22-10-4-5-11-22)14-13-20-7-6-12-23(19-20)21-8-2-1-3-9-21/h1-3,6-9,12-14,19,22H,4-5,10-11,15-18H2/b14-13+. The number of piperazine rings is 1. The van der Waals surface area contributed by atoms with Crippen LogP contribution in [0.1, 0.15) is 31.2 Å². The summed E-state index contributed by atoms with van der Waals surface area (Å²) in [6.45, 7) is 2.54. The molecule has 0 N–H and O–H groups in total. The number of nitrogens with zero attached hydrogens (tertiary/aromatic N) is 2. The van der Waals surface area contributed by atoms with E-state index in [0.29, 0.717) is 32.1 Å². The lowest BCUT2D eigenvalue weighted by atomic mass is 10.0. The van der Waals surface area contributed by atoms with E-state index in [9.17, 15) is 9.59 Å². The van der Waals surface area contributed by atoms with Gasteiger partial charge in [0, 0.05) is 38.2 Å². The summed E-state index contributed by atoms with van der Waals surface area (Å²) < 4.78 is 0. The van der Waals surface area contributed by atoms with E-state index in [1.165, 1.54) is 12.8 Å². The molecular formula is C25H28N2O2. The van der Waals surface area contributed by atoms with Crippen molar-refractivity contribution in [1.29, 1.82) is 0 Å². The maximum Gasteiger partial charge on any atom is 0.246 e. The number of benzene rings is 2. The molecule has 1 aliphatic carbocycles. The molecule has 2 aromatic rings. The van der Waals surface area contributed by atoms with Gasteiger partial charge in [-0.2, -0.15) is 0 Å². The lowest BCUT2D eigenvalue weighted by molar-refractivity contribution is -0.140. The van der Waals surface area contributed by atoms with Crippen LogP contribution >= 0.6 is 0 Å². The SMILES string of the molecule is O=C(/C=C/c1cccc(-c2ccccc2)c1)N1CCN(C(=O)C2CCCC2)CC1. The van der Waals surface area contributed by atoms with E-state index >= 15 is 0 Å². The van der Waals surface area contributed by atoms with Crippen molar-refractivity contribution in [2.45, 2.75) is 25.7 Å². The van der Waals surface area contributed by atoms with Crippen LogP contribution in [0.3, 0.4) is 0 Å². The highest BCUT2D eigenvalue weighted by molar-refractivity contribution is 5.92. The number of rotatable bonds is 4. The van der Waals surface area contributed by atoms with Crippen LogP contribution in [0.15, 0.2) is 60.7 Å². The Morgan fingerprint density at radius 3 is 2.17 bits per heavy atom. The van der Waals surface area contributed by atoms with E-state index in [1.54, 1.807) is 6.08 Å². The topological polar surface area (TPSA) is 40.6 Å². The maximum absolute atomic E-state index is 12.6. The second kappa shape index (κ2) is 9.08. The van der Waals surface area contributed by atoms with E-state index in [0.717, 1.165) is 29.5 Å². The molecule has 0 unspecified atom stereocenters. The van der Waals surface area contributed by atoms with Crippen molar-refractivity contribution in [3.63, 3.8) is 0 Å². The molecule has 2 aliphatic rings. The zero-order valence-corrected chi connectivity index (χ0v) is 16.8. The molecule has 29 heavy (non-hydrogen) atoms. The van der Waals surface area contributed by atoms with Gasteiger partial charge in [-0.25, -0.2) is 0 Å². The molecule has 0 spiro atoms. The van der Waals surface area contributed by atoms with Crippen molar-refractivity contribution in [3.8, 4) is 11.1 Å². The van der Waals surface area contributed by atoms with Gasteiger partial charge in [0.25, 0.3) is 0 Å². The molecule has 2 aromatic carbocycles. The van der Waals surface area contributed by atoms with Gasteiger partial charge in [0.2, 0.25) is 11.8 Å². The minimum absolute atomic E-state index is 0.0167. The van der Waals surface area contributed by atoms with Crippen LogP contribution in [0.5, 0.6) is 0 Å². The number of hydrogen-bond acceptors (Lipinski definition) is 2. The Labute approximate surface area is 172 Å². The lowest BCUT2D eigenvalue weighted by Gasteiger charge is -2.35. The van der Waals surface area contributed by atoms with Crippen molar-refractivity contribution < 1.29 is 9.59 Å². The summed E-state index contributed by atoms with van der Waals surface area (Å²) in [6.07, 6.45) is 7.94. The number of carbonyl (C=O) groups is 2. The predicted molar refractivity (Wildman–Crippen MR) is 116 cm³/mol. The minimum Gasteiger partial charge on any atom is -0.339 e. The van der Waals surface area contributed by atoms with Crippen molar-refractivity contribution in [1.82, 2.24) is 9.80 Å². The fourth-order valence-corrected chi connectivity index (χ4v) is 4.30. The molecule has 1 saturated carbocycles. The fourth-order valence-electron chi connectivity index (χ4n) is 4.30. The molecule has 0 bridgehead atoms. The zero-order valence-electron chi connectivity index (χ0n) is 16.8. The monoisotopic (exact) mass is 388 g/mol. The molecule has 4 heteroatoms. The first kappa shape index (κ1) is 19.4. The first-order chi connectivity index (χ1) is 14.2. The van der Waals surface area contributed by atoms with Crippen molar-refractivity contribution in [3.05, 3.63) is 66.2 Å². The van der Waals surface area contributed by atoms with E-state index in [1.807, 2.05) is 46.2 Å². The second-order valence-electron chi connectivity index (χ2n) is 7.96. The molecule has 1 heterocycles. The Kier molecular flexibility index (Phi) is 6.09. The molecule has 2 amide bonds. The first-order valence-corrected chi connectivity index (χ1v) is 10.6. The summed E-state index contributed by atoms with van der Waals surface area (Å²) in [6, 6.07) is 18.4. The van der Waals surface area contributed by atoms with Gasteiger partial charge in [-0.1, -0.05) is 61.4 Å². The normalized spacial score (nSPS) is 17.8. The van der Waals surface area contributed by atoms with Crippen LogP contribution in [0.4, 0.5) is 0 Å². The van der Waals surface area contributed by atoms with Crippen LogP contribution in [0, 0.1) is 5.92 Å². The quantitative estimate of drug-likeness (QED) is 0.736. The molecule has 0 radical (unpaired) electrons. The molecular weight excluding hydrogens is 360 g/mol. The number of hydrogen-bond donors (Lipinski definition) is 0. The molecule has 0 aromatic heterocycles. The van der Waals surface area contributed by atoms with Crippen LogP contribution in [0.2, 0.25) is 0 Å². The fraction of sp³-hybridized carbons (Fsp3) is 0.360. The van der Waals surface area contributed by atoms with Gasteiger partial charge < -0.3 is 9.80 Å². The Morgan fingerprint density at radius 2 is 1.45 bits per heavy atom. The van der Waals surface area contributed by atoms with Crippen LogP contribution in [-0.2, 0) is 9.59 Å². The van der Waals surface area contributed by atoms with E-state index in [4.69, 9.17) is 0 Å². The third-order valence-corrected chi connectivity index (χ3v) is 6.02. The summed E-state index contributed by atoms with van der Waals surface area (Å²) in [4.78, 5) is 28.9. The Hall–Kier alpha value is -2.88. The van der Waals surface area contributed by atoms with Gasteiger partial charge in [0.15, 0.2) is 0 Å². The summed E-state index contributed by atoms with van der Waals surface area (Å²) >= 11 is 0. The highest BCUT2D eigenvalue weighted by Gasteiger charge is 2.30. The largest absolute Gasteiger partial charge is 0.339 e. The Bertz CT molecular complexity index is 877. The summed E-state index contributed by atoms with van der Waals surface area (Å²) in [5, 5.41) is 0. The highest BCUT2D eigenvalue weighted by atomic mass is 16.2. The van der Waals surface area contributed by atoms with Crippen molar-refractivity contribution in [2.24, 2.45) is 5.92 Å². The smallest absolute Gasteiger partial charge is 0.246 e. The third kappa shape index (κ3) is 4.76. The van der Waals surface area contributed by atoms with Crippen molar-refractivity contribution >= 4 is 17.9 Å². The number of amides is 2.